The molecule has 5 heteroatoms. The summed E-state index contributed by atoms with van der Waals surface area (Å²) in [5, 5.41) is 0. The minimum atomic E-state index is -0.743. The highest BCUT2D eigenvalue weighted by Crippen LogP contribution is 2.26. The van der Waals surface area contributed by atoms with Crippen molar-refractivity contribution in [3.05, 3.63) is 48.9 Å². The molecule has 0 saturated heterocycles. The van der Waals surface area contributed by atoms with Gasteiger partial charge in [0.2, 0.25) is 10.9 Å². The summed E-state index contributed by atoms with van der Waals surface area (Å²) in [7, 11) is 0. The number of rotatable bonds is 1. The van der Waals surface area contributed by atoms with E-state index in [0.29, 0.717) is 4.47 Å². The van der Waals surface area contributed by atoms with Crippen molar-refractivity contribution in [3.63, 3.8) is 0 Å². The van der Waals surface area contributed by atoms with Gasteiger partial charge in [0.25, 0.3) is 0 Å². The second-order valence-corrected chi connectivity index (χ2v) is 3.99. The van der Waals surface area contributed by atoms with Crippen LogP contribution in [-0.2, 0) is 0 Å². The van der Waals surface area contributed by atoms with E-state index in [2.05, 4.69) is 15.9 Å². The third-order valence-electron chi connectivity index (χ3n) is 2.15. The van der Waals surface area contributed by atoms with Crippen LogP contribution in [0, 0.1) is 5.82 Å². The van der Waals surface area contributed by atoms with Gasteiger partial charge in [0.1, 0.15) is 5.82 Å². The molecule has 0 radical (unpaired) electrons. The molecule has 2 N–H and O–H groups in total. The van der Waals surface area contributed by atoms with Crippen molar-refractivity contribution in [2.45, 2.75) is 0 Å². The summed E-state index contributed by atoms with van der Waals surface area (Å²) in [4.78, 5) is 22.0. The highest BCUT2D eigenvalue weighted by Gasteiger charge is 2.21. The molecule has 0 unspecified atom stereocenters. The van der Waals surface area contributed by atoms with Gasteiger partial charge in [0.15, 0.2) is 0 Å². The Bertz CT molecular complexity index is 614. The van der Waals surface area contributed by atoms with Gasteiger partial charge in [-0.3, -0.25) is 9.59 Å². The minimum Gasteiger partial charge on any atom is -0.395 e. The highest BCUT2D eigenvalue weighted by atomic mass is 79.9. The first-order valence-electron chi connectivity index (χ1n) is 4.06. The first kappa shape index (κ1) is 10.0. The van der Waals surface area contributed by atoms with E-state index in [1.54, 1.807) is 6.07 Å². The van der Waals surface area contributed by atoms with E-state index in [1.165, 1.54) is 12.1 Å². The van der Waals surface area contributed by atoms with E-state index >= 15 is 0 Å². The Kier molecular flexibility index (Phi) is 2.19. The molecule has 3 nitrogen and oxygen atoms in total. The van der Waals surface area contributed by atoms with Crippen molar-refractivity contribution in [2.24, 2.45) is 0 Å². The van der Waals surface area contributed by atoms with Gasteiger partial charge in [-0.1, -0.05) is 22.0 Å². The Balaban J connectivity index is 2.67. The SMILES string of the molecule is Nc1c(-c2ccc(Br)cc2F)c(=O)c1=O. The molecular weight excluding hydrogens is 265 g/mol. The quantitative estimate of drug-likeness (QED) is 0.797. The Morgan fingerprint density at radius 2 is 1.87 bits per heavy atom. The van der Waals surface area contributed by atoms with Crippen LogP contribution >= 0.6 is 15.9 Å². The van der Waals surface area contributed by atoms with Crippen LogP contribution in [0.5, 0.6) is 0 Å². The van der Waals surface area contributed by atoms with E-state index in [9.17, 15) is 14.0 Å². The topological polar surface area (TPSA) is 60.2 Å². The van der Waals surface area contributed by atoms with Crippen molar-refractivity contribution in [1.82, 2.24) is 0 Å². The maximum Gasteiger partial charge on any atom is 0.249 e. The van der Waals surface area contributed by atoms with Crippen molar-refractivity contribution < 1.29 is 4.39 Å². The van der Waals surface area contributed by atoms with Gasteiger partial charge in [0.05, 0.1) is 11.3 Å². The number of halogens is 2. The molecule has 76 valence electrons. The molecule has 2 rings (SSSR count). The number of hydrogen-bond donors (Lipinski definition) is 1. The van der Waals surface area contributed by atoms with Crippen molar-refractivity contribution >= 4 is 21.6 Å². The van der Waals surface area contributed by atoms with Crippen LogP contribution in [0.25, 0.3) is 11.1 Å². The zero-order valence-corrected chi connectivity index (χ0v) is 8.97. The number of nitrogens with two attached hydrogens (primary N) is 1. The second-order valence-electron chi connectivity index (χ2n) is 3.07. The molecule has 0 saturated carbocycles. The number of hydrogen-bond acceptors (Lipinski definition) is 3. The second kappa shape index (κ2) is 3.27. The van der Waals surface area contributed by atoms with Crippen molar-refractivity contribution in [3.8, 4) is 11.1 Å². The molecule has 0 aliphatic carbocycles. The smallest absolute Gasteiger partial charge is 0.249 e. The maximum atomic E-state index is 13.4. The molecule has 0 aliphatic rings. The fourth-order valence-corrected chi connectivity index (χ4v) is 1.70. The number of benzene rings is 1. The first-order chi connectivity index (χ1) is 7.02. The largest absolute Gasteiger partial charge is 0.395 e. The van der Waals surface area contributed by atoms with E-state index in [4.69, 9.17) is 5.73 Å². The van der Waals surface area contributed by atoms with Gasteiger partial charge >= 0.3 is 0 Å². The summed E-state index contributed by atoms with van der Waals surface area (Å²) in [5.41, 5.74) is 3.74. The molecule has 0 spiro atoms. The average molecular weight is 270 g/mol. The van der Waals surface area contributed by atoms with Gasteiger partial charge in [0, 0.05) is 10.0 Å². The Labute approximate surface area is 92.2 Å². The number of nitrogen functional groups attached to an aromatic ring is 1. The van der Waals surface area contributed by atoms with Crippen LogP contribution in [-0.4, -0.2) is 0 Å². The van der Waals surface area contributed by atoms with Gasteiger partial charge in [-0.05, 0) is 12.1 Å². The fourth-order valence-electron chi connectivity index (χ4n) is 1.37. The van der Waals surface area contributed by atoms with E-state index in [1.807, 2.05) is 0 Å². The average Bonchev–Trinajstić information content (AvgIpc) is 2.21. The Morgan fingerprint density at radius 1 is 1.20 bits per heavy atom. The zero-order chi connectivity index (χ0) is 11.2. The van der Waals surface area contributed by atoms with E-state index in [-0.39, 0.29) is 16.8 Å². The van der Waals surface area contributed by atoms with E-state index < -0.39 is 16.7 Å². The van der Waals surface area contributed by atoms with Crippen LogP contribution in [0.3, 0.4) is 0 Å². The third-order valence-corrected chi connectivity index (χ3v) is 2.64. The summed E-state index contributed by atoms with van der Waals surface area (Å²) >= 11 is 3.09. The van der Waals surface area contributed by atoms with Gasteiger partial charge < -0.3 is 5.73 Å². The molecule has 0 atom stereocenters. The highest BCUT2D eigenvalue weighted by molar-refractivity contribution is 9.10. The molecule has 0 bridgehead atoms. The lowest BCUT2D eigenvalue weighted by molar-refractivity contribution is 0.630. The molecule has 15 heavy (non-hydrogen) atoms. The zero-order valence-electron chi connectivity index (χ0n) is 7.38. The van der Waals surface area contributed by atoms with Crippen LogP contribution in [0.2, 0.25) is 0 Å². The van der Waals surface area contributed by atoms with Crippen molar-refractivity contribution in [2.75, 3.05) is 5.73 Å². The lowest BCUT2D eigenvalue weighted by Crippen LogP contribution is -2.36. The lowest BCUT2D eigenvalue weighted by atomic mass is 9.99. The standard InChI is InChI=1S/C10H5BrFNO2/c11-4-1-2-5(6(12)3-4)7-8(13)10(15)9(7)14/h1-3H,13H2. The monoisotopic (exact) mass is 269 g/mol. The maximum absolute atomic E-state index is 13.4. The molecule has 2 aromatic carbocycles. The molecule has 0 fully saturated rings. The predicted molar refractivity (Wildman–Crippen MR) is 58.9 cm³/mol. The molecule has 0 heterocycles. The van der Waals surface area contributed by atoms with Gasteiger partial charge in [-0.2, -0.15) is 0 Å². The summed E-state index contributed by atoms with van der Waals surface area (Å²) in [6.45, 7) is 0. The summed E-state index contributed by atoms with van der Waals surface area (Å²) < 4.78 is 14.0. The third kappa shape index (κ3) is 1.39. The summed E-state index contributed by atoms with van der Waals surface area (Å²) in [6.07, 6.45) is 0. The predicted octanol–water partition coefficient (Wildman–Crippen LogP) is 1.43. The fraction of sp³-hybridized carbons (Fsp3) is 0. The number of anilines is 1. The Hall–Kier alpha value is -1.49. The molecular formula is C10H5BrFNO2. The summed E-state index contributed by atoms with van der Waals surface area (Å²) in [5.74, 6) is -0.580. The van der Waals surface area contributed by atoms with Crippen LogP contribution < -0.4 is 16.6 Å². The lowest BCUT2D eigenvalue weighted by Gasteiger charge is -2.07. The molecule has 0 aromatic heterocycles. The first-order valence-corrected chi connectivity index (χ1v) is 4.86. The van der Waals surface area contributed by atoms with Crippen molar-refractivity contribution in [1.29, 1.82) is 0 Å². The molecule has 2 aromatic rings. The normalized spacial score (nSPS) is 10.8. The van der Waals surface area contributed by atoms with Gasteiger partial charge in [-0.15, -0.1) is 0 Å². The van der Waals surface area contributed by atoms with Crippen LogP contribution in [0.15, 0.2) is 32.3 Å². The van der Waals surface area contributed by atoms with Crippen LogP contribution in [0.4, 0.5) is 10.1 Å². The molecule has 0 aliphatic heterocycles. The summed E-state index contributed by atoms with van der Waals surface area (Å²) in [6, 6.07) is 4.20. The Morgan fingerprint density at radius 3 is 2.40 bits per heavy atom. The van der Waals surface area contributed by atoms with Gasteiger partial charge in [-0.25, -0.2) is 4.39 Å². The molecule has 0 amide bonds. The minimum absolute atomic E-state index is 0.0231. The van der Waals surface area contributed by atoms with Crippen LogP contribution in [0.1, 0.15) is 0 Å². The van der Waals surface area contributed by atoms with E-state index in [0.717, 1.165) is 0 Å².